The van der Waals surface area contributed by atoms with Crippen LogP contribution in [0.1, 0.15) is 18.3 Å². The molecule has 0 unspecified atom stereocenters. The highest BCUT2D eigenvalue weighted by Crippen LogP contribution is 2.34. The highest BCUT2D eigenvalue weighted by atomic mass is 19.4. The van der Waals surface area contributed by atoms with E-state index >= 15 is 0 Å². The summed E-state index contributed by atoms with van der Waals surface area (Å²) in [5.74, 6) is 0.372. The summed E-state index contributed by atoms with van der Waals surface area (Å²) in [4.78, 5) is 16.1. The number of pyridine rings is 2. The van der Waals surface area contributed by atoms with Crippen LogP contribution < -0.4 is 5.73 Å². The van der Waals surface area contributed by atoms with Gasteiger partial charge in [0.15, 0.2) is 0 Å². The van der Waals surface area contributed by atoms with Crippen LogP contribution in [-0.4, -0.2) is 19.9 Å². The minimum Gasteiger partial charge on any atom is -0.384 e. The molecule has 0 bridgehead atoms. The molecule has 0 aliphatic carbocycles. The first-order chi connectivity index (χ1) is 11.9. The Morgan fingerprint density at radius 2 is 1.64 bits per heavy atom. The number of hydrogen-bond acceptors (Lipinski definition) is 5. The van der Waals surface area contributed by atoms with Gasteiger partial charge in [-0.3, -0.25) is 4.98 Å². The van der Waals surface area contributed by atoms with Crippen LogP contribution in [0.15, 0.2) is 43.0 Å². The molecule has 0 radical (unpaired) electrons. The first kappa shape index (κ1) is 16.8. The molecule has 0 aliphatic heterocycles. The maximum atomic E-state index is 12.7. The van der Waals surface area contributed by atoms with Gasteiger partial charge in [-0.2, -0.15) is 13.2 Å². The van der Waals surface area contributed by atoms with E-state index in [2.05, 4.69) is 19.9 Å². The lowest BCUT2D eigenvalue weighted by molar-refractivity contribution is -0.141. The number of nitrogens with two attached hydrogens (primary N) is 1. The lowest BCUT2D eigenvalue weighted by Gasteiger charge is -2.13. The van der Waals surface area contributed by atoms with E-state index in [0.717, 1.165) is 17.3 Å². The third-order valence-electron chi connectivity index (χ3n) is 3.66. The molecule has 0 spiro atoms. The van der Waals surface area contributed by atoms with Gasteiger partial charge < -0.3 is 5.73 Å². The zero-order valence-corrected chi connectivity index (χ0v) is 13.2. The molecule has 0 atom stereocenters. The van der Waals surface area contributed by atoms with Crippen molar-refractivity contribution in [3.63, 3.8) is 0 Å². The minimum atomic E-state index is -4.48. The van der Waals surface area contributed by atoms with Crippen LogP contribution in [0.5, 0.6) is 0 Å². The number of alkyl halides is 3. The average Bonchev–Trinajstić information content (AvgIpc) is 2.61. The predicted octanol–water partition coefficient (Wildman–Crippen LogP) is 3.76. The van der Waals surface area contributed by atoms with E-state index in [1.165, 1.54) is 18.6 Å². The van der Waals surface area contributed by atoms with Gasteiger partial charge >= 0.3 is 6.18 Å². The van der Waals surface area contributed by atoms with Crippen LogP contribution in [-0.2, 0) is 12.6 Å². The molecule has 5 nitrogen and oxygen atoms in total. The summed E-state index contributed by atoms with van der Waals surface area (Å²) >= 11 is 0. The lowest BCUT2D eigenvalue weighted by atomic mass is 9.98. The zero-order valence-electron chi connectivity index (χ0n) is 13.2. The Morgan fingerprint density at radius 1 is 0.920 bits per heavy atom. The van der Waals surface area contributed by atoms with Gasteiger partial charge in [0, 0.05) is 29.1 Å². The van der Waals surface area contributed by atoms with Crippen LogP contribution in [0, 0.1) is 0 Å². The molecule has 128 valence electrons. The number of anilines is 1. The molecular formula is C17H14F3N5. The average molecular weight is 345 g/mol. The fraction of sp³-hybridized carbons (Fsp3) is 0.176. The Morgan fingerprint density at radius 3 is 2.20 bits per heavy atom. The normalized spacial score (nSPS) is 11.5. The number of aromatic nitrogens is 4. The Bertz CT molecular complexity index is 874. The van der Waals surface area contributed by atoms with Crippen molar-refractivity contribution in [2.75, 3.05) is 5.73 Å². The van der Waals surface area contributed by atoms with Crippen molar-refractivity contribution in [3.05, 3.63) is 54.4 Å². The molecule has 8 heteroatoms. The molecule has 3 heterocycles. The van der Waals surface area contributed by atoms with Crippen LogP contribution in [0.2, 0.25) is 0 Å². The van der Waals surface area contributed by atoms with Gasteiger partial charge in [0.1, 0.15) is 17.8 Å². The molecular weight excluding hydrogens is 331 g/mol. The highest BCUT2D eigenvalue weighted by Gasteiger charge is 2.32. The van der Waals surface area contributed by atoms with E-state index < -0.39 is 11.9 Å². The van der Waals surface area contributed by atoms with Crippen molar-refractivity contribution in [3.8, 4) is 22.4 Å². The van der Waals surface area contributed by atoms with Crippen molar-refractivity contribution in [2.45, 2.75) is 19.5 Å². The van der Waals surface area contributed by atoms with Gasteiger partial charge in [-0.05, 0) is 30.7 Å². The fourth-order valence-corrected chi connectivity index (χ4v) is 2.47. The summed E-state index contributed by atoms with van der Waals surface area (Å²) in [6, 6.07) is 5.72. The molecule has 0 aliphatic rings. The number of halogens is 3. The van der Waals surface area contributed by atoms with Gasteiger partial charge in [0.2, 0.25) is 0 Å². The molecule has 3 rings (SSSR count). The van der Waals surface area contributed by atoms with E-state index in [1.54, 1.807) is 18.3 Å². The number of hydrogen-bond donors (Lipinski definition) is 1. The molecule has 3 aromatic rings. The predicted molar refractivity (Wildman–Crippen MR) is 87.3 cm³/mol. The summed E-state index contributed by atoms with van der Waals surface area (Å²) in [6.45, 7) is 1.94. The molecule has 2 N–H and O–H groups in total. The van der Waals surface area contributed by atoms with E-state index in [9.17, 15) is 13.2 Å². The molecule has 25 heavy (non-hydrogen) atoms. The summed E-state index contributed by atoms with van der Waals surface area (Å²) in [5.41, 5.74) is 7.85. The SMILES string of the molecule is CCc1ncnc(-c2ccc(C(F)(F)F)nc2)c1-c1ccc(N)nc1. The van der Waals surface area contributed by atoms with Gasteiger partial charge in [0.05, 0.1) is 11.4 Å². The van der Waals surface area contributed by atoms with Gasteiger partial charge in [0.25, 0.3) is 0 Å². The zero-order chi connectivity index (χ0) is 18.0. The molecule has 0 saturated carbocycles. The van der Waals surface area contributed by atoms with Crippen LogP contribution >= 0.6 is 0 Å². The third-order valence-corrected chi connectivity index (χ3v) is 3.66. The Balaban J connectivity index is 2.15. The highest BCUT2D eigenvalue weighted by molar-refractivity contribution is 5.81. The smallest absolute Gasteiger partial charge is 0.384 e. The van der Waals surface area contributed by atoms with E-state index in [1.807, 2.05) is 6.92 Å². The van der Waals surface area contributed by atoms with Crippen molar-refractivity contribution >= 4 is 5.82 Å². The van der Waals surface area contributed by atoms with Crippen molar-refractivity contribution in [1.82, 2.24) is 19.9 Å². The monoisotopic (exact) mass is 345 g/mol. The van der Waals surface area contributed by atoms with Crippen LogP contribution in [0.25, 0.3) is 22.4 Å². The first-order valence-electron chi connectivity index (χ1n) is 7.49. The summed E-state index contributed by atoms with van der Waals surface area (Å²) in [5, 5.41) is 0. The maximum absolute atomic E-state index is 12.7. The van der Waals surface area contributed by atoms with Crippen molar-refractivity contribution < 1.29 is 13.2 Å². The second kappa shape index (κ2) is 6.46. The largest absolute Gasteiger partial charge is 0.433 e. The van der Waals surface area contributed by atoms with Gasteiger partial charge in [-0.25, -0.2) is 15.0 Å². The van der Waals surface area contributed by atoms with E-state index in [0.29, 0.717) is 29.1 Å². The Labute approximate surface area is 141 Å². The van der Waals surface area contributed by atoms with E-state index in [4.69, 9.17) is 5.73 Å². The topological polar surface area (TPSA) is 77.6 Å². The van der Waals surface area contributed by atoms with Crippen LogP contribution in [0.3, 0.4) is 0 Å². The molecule has 0 amide bonds. The fourth-order valence-electron chi connectivity index (χ4n) is 2.47. The lowest BCUT2D eigenvalue weighted by Crippen LogP contribution is -2.07. The molecule has 0 fully saturated rings. The minimum absolute atomic E-state index is 0.372. The summed E-state index contributed by atoms with van der Waals surface area (Å²) in [7, 11) is 0. The maximum Gasteiger partial charge on any atom is 0.433 e. The third kappa shape index (κ3) is 3.42. The Kier molecular flexibility index (Phi) is 4.35. The second-order valence-electron chi connectivity index (χ2n) is 5.30. The number of nitrogen functional groups attached to an aromatic ring is 1. The van der Waals surface area contributed by atoms with Gasteiger partial charge in [-0.15, -0.1) is 0 Å². The first-order valence-corrected chi connectivity index (χ1v) is 7.49. The van der Waals surface area contributed by atoms with Gasteiger partial charge in [-0.1, -0.05) is 6.92 Å². The standard InChI is InChI=1S/C17H14F3N5/c1-2-12-15(10-4-6-14(21)23-7-10)16(25-9-24-12)11-3-5-13(22-8-11)17(18,19)20/h3-9H,2H2,1H3,(H2,21,23). The van der Waals surface area contributed by atoms with Crippen molar-refractivity contribution in [2.24, 2.45) is 0 Å². The molecule has 0 aromatic carbocycles. The number of nitrogens with zero attached hydrogens (tertiary/aromatic N) is 4. The molecule has 3 aromatic heterocycles. The van der Waals surface area contributed by atoms with Crippen LogP contribution in [0.4, 0.5) is 19.0 Å². The Hall–Kier alpha value is -3.03. The molecule has 0 saturated heterocycles. The van der Waals surface area contributed by atoms with Crippen molar-refractivity contribution in [1.29, 1.82) is 0 Å². The second-order valence-corrected chi connectivity index (χ2v) is 5.30. The number of rotatable bonds is 3. The summed E-state index contributed by atoms with van der Waals surface area (Å²) in [6.07, 6.45) is 0.291. The summed E-state index contributed by atoms with van der Waals surface area (Å²) < 4.78 is 38.1. The van der Waals surface area contributed by atoms with E-state index in [-0.39, 0.29) is 0 Å². The number of aryl methyl sites for hydroxylation is 1. The quantitative estimate of drug-likeness (QED) is 0.782.